The molecule has 0 spiro atoms. The zero-order valence-electron chi connectivity index (χ0n) is 10.0. The first-order valence-corrected chi connectivity index (χ1v) is 7.49. The molecule has 2 rings (SSSR count). The van der Waals surface area contributed by atoms with E-state index in [9.17, 15) is 0 Å². The summed E-state index contributed by atoms with van der Waals surface area (Å²) in [6.45, 7) is 0. The van der Waals surface area contributed by atoms with Gasteiger partial charge in [0.1, 0.15) is 11.5 Å². The molecule has 0 aliphatic carbocycles. The molecule has 2 nitrogen and oxygen atoms in total. The van der Waals surface area contributed by atoms with E-state index in [4.69, 9.17) is 9.47 Å². The summed E-state index contributed by atoms with van der Waals surface area (Å²) >= 11 is 4.69. The number of rotatable bonds is 3. The fraction of sp³-hybridized carbons (Fsp3) is 0.143. The molecule has 18 heavy (non-hydrogen) atoms. The summed E-state index contributed by atoms with van der Waals surface area (Å²) in [4.78, 5) is 0. The van der Waals surface area contributed by atoms with Gasteiger partial charge in [0.15, 0.2) is 0 Å². The van der Waals surface area contributed by atoms with Crippen LogP contribution in [0.1, 0.15) is 0 Å². The molecule has 0 saturated carbocycles. The Hall–Kier alpha value is -0.500. The van der Waals surface area contributed by atoms with E-state index in [1.165, 1.54) is 12.7 Å². The van der Waals surface area contributed by atoms with E-state index in [-0.39, 0.29) is 0 Å². The highest BCUT2D eigenvalue weighted by molar-refractivity contribution is 14.1. The molecule has 2 aromatic carbocycles. The summed E-state index contributed by atoms with van der Waals surface area (Å²) in [7, 11) is 3.37. The Balaban J connectivity index is 2.58. The molecule has 0 unspecified atom stereocenters. The summed E-state index contributed by atoms with van der Waals surface area (Å²) < 4.78 is 13.0. The molecule has 0 aromatic heterocycles. The van der Waals surface area contributed by atoms with Crippen LogP contribution in [0.5, 0.6) is 11.5 Å². The molecule has 0 atom stereocenters. The number of ether oxygens (including phenoxy) is 2. The minimum Gasteiger partial charge on any atom is -0.497 e. The van der Waals surface area contributed by atoms with Gasteiger partial charge in [-0.05, 0) is 80.6 Å². The molecule has 0 saturated heterocycles. The van der Waals surface area contributed by atoms with Crippen LogP contribution in [0, 0.1) is 7.14 Å². The lowest BCUT2D eigenvalue weighted by atomic mass is 10.1. The summed E-state index contributed by atoms with van der Waals surface area (Å²) in [5.41, 5.74) is 2.30. The van der Waals surface area contributed by atoms with Crippen LogP contribution in [0.3, 0.4) is 0 Å². The average Bonchev–Trinajstić information content (AvgIpc) is 2.41. The van der Waals surface area contributed by atoms with Crippen molar-refractivity contribution in [3.05, 3.63) is 43.5 Å². The zero-order chi connectivity index (χ0) is 13.1. The Morgan fingerprint density at radius 1 is 0.889 bits per heavy atom. The number of hydrogen-bond acceptors (Lipinski definition) is 2. The molecular weight excluding hydrogens is 454 g/mol. The Labute approximate surface area is 134 Å². The SMILES string of the molecule is COc1cccc(-c2cc(OC)cc(I)c2I)c1. The summed E-state index contributed by atoms with van der Waals surface area (Å²) in [6.07, 6.45) is 0. The summed E-state index contributed by atoms with van der Waals surface area (Å²) in [5.74, 6) is 1.73. The van der Waals surface area contributed by atoms with Crippen LogP contribution in [-0.4, -0.2) is 14.2 Å². The molecule has 4 heteroatoms. The van der Waals surface area contributed by atoms with Crippen molar-refractivity contribution in [3.8, 4) is 22.6 Å². The highest BCUT2D eigenvalue weighted by Crippen LogP contribution is 2.34. The molecule has 0 amide bonds. The second-order valence-corrected chi connectivity index (χ2v) is 5.94. The average molecular weight is 466 g/mol. The van der Waals surface area contributed by atoms with Crippen LogP contribution >= 0.6 is 45.2 Å². The monoisotopic (exact) mass is 466 g/mol. The molecule has 0 N–H and O–H groups in total. The molecular formula is C14H12I2O2. The van der Waals surface area contributed by atoms with E-state index >= 15 is 0 Å². The van der Waals surface area contributed by atoms with Crippen molar-refractivity contribution in [2.45, 2.75) is 0 Å². The minimum atomic E-state index is 0.862. The Kier molecular flexibility index (Phi) is 4.71. The van der Waals surface area contributed by atoms with Gasteiger partial charge < -0.3 is 9.47 Å². The largest absolute Gasteiger partial charge is 0.497 e. The van der Waals surface area contributed by atoms with Gasteiger partial charge in [0, 0.05) is 7.14 Å². The van der Waals surface area contributed by atoms with Gasteiger partial charge in [-0.1, -0.05) is 12.1 Å². The zero-order valence-corrected chi connectivity index (χ0v) is 14.4. The van der Waals surface area contributed by atoms with Gasteiger partial charge in [0.05, 0.1) is 14.2 Å². The first kappa shape index (κ1) is 13.9. The van der Waals surface area contributed by atoms with Crippen molar-refractivity contribution in [2.24, 2.45) is 0 Å². The van der Waals surface area contributed by atoms with Crippen molar-refractivity contribution in [1.82, 2.24) is 0 Å². The van der Waals surface area contributed by atoms with Crippen LogP contribution in [0.2, 0.25) is 0 Å². The van der Waals surface area contributed by atoms with Gasteiger partial charge in [-0.15, -0.1) is 0 Å². The summed E-state index contributed by atoms with van der Waals surface area (Å²) in [5, 5.41) is 0. The molecule has 0 heterocycles. The lowest BCUT2D eigenvalue weighted by molar-refractivity contribution is 0.414. The van der Waals surface area contributed by atoms with E-state index < -0.39 is 0 Å². The number of methoxy groups -OCH3 is 2. The molecule has 0 aliphatic heterocycles. The Morgan fingerprint density at radius 2 is 1.61 bits per heavy atom. The number of hydrogen-bond donors (Lipinski definition) is 0. The van der Waals surface area contributed by atoms with Gasteiger partial charge >= 0.3 is 0 Å². The van der Waals surface area contributed by atoms with Crippen LogP contribution < -0.4 is 9.47 Å². The highest BCUT2D eigenvalue weighted by atomic mass is 127. The summed E-state index contributed by atoms with van der Waals surface area (Å²) in [6, 6.07) is 12.1. The lowest BCUT2D eigenvalue weighted by Crippen LogP contribution is -1.92. The van der Waals surface area contributed by atoms with Gasteiger partial charge in [0.25, 0.3) is 0 Å². The van der Waals surface area contributed by atoms with Gasteiger partial charge in [-0.25, -0.2) is 0 Å². The maximum Gasteiger partial charge on any atom is 0.120 e. The first-order valence-electron chi connectivity index (χ1n) is 5.33. The second-order valence-electron chi connectivity index (χ2n) is 3.70. The third kappa shape index (κ3) is 2.90. The maximum absolute atomic E-state index is 5.33. The number of benzene rings is 2. The van der Waals surface area contributed by atoms with Crippen molar-refractivity contribution >= 4 is 45.2 Å². The third-order valence-electron chi connectivity index (χ3n) is 2.62. The second kappa shape index (κ2) is 6.10. The van der Waals surface area contributed by atoms with Crippen molar-refractivity contribution in [1.29, 1.82) is 0 Å². The minimum absolute atomic E-state index is 0.862. The van der Waals surface area contributed by atoms with E-state index in [0.717, 1.165) is 17.1 Å². The predicted molar refractivity (Wildman–Crippen MR) is 90.4 cm³/mol. The smallest absolute Gasteiger partial charge is 0.120 e. The van der Waals surface area contributed by atoms with Crippen LogP contribution in [0.15, 0.2) is 36.4 Å². The van der Waals surface area contributed by atoms with Gasteiger partial charge in [0.2, 0.25) is 0 Å². The van der Waals surface area contributed by atoms with Crippen LogP contribution in [-0.2, 0) is 0 Å². The van der Waals surface area contributed by atoms with E-state index in [1.807, 2.05) is 24.3 Å². The van der Waals surface area contributed by atoms with Crippen molar-refractivity contribution in [3.63, 3.8) is 0 Å². The highest BCUT2D eigenvalue weighted by Gasteiger charge is 2.10. The fourth-order valence-corrected chi connectivity index (χ4v) is 2.90. The van der Waals surface area contributed by atoms with Crippen LogP contribution in [0.25, 0.3) is 11.1 Å². The molecule has 0 radical (unpaired) electrons. The normalized spacial score (nSPS) is 10.2. The van der Waals surface area contributed by atoms with Crippen molar-refractivity contribution in [2.75, 3.05) is 14.2 Å². The predicted octanol–water partition coefficient (Wildman–Crippen LogP) is 4.58. The molecule has 0 bridgehead atoms. The molecule has 94 valence electrons. The Bertz CT molecular complexity index is 568. The van der Waals surface area contributed by atoms with E-state index in [0.29, 0.717) is 0 Å². The first-order chi connectivity index (χ1) is 8.65. The molecule has 0 aliphatic rings. The van der Waals surface area contributed by atoms with Crippen molar-refractivity contribution < 1.29 is 9.47 Å². The quantitative estimate of drug-likeness (QED) is 0.618. The molecule has 0 fully saturated rings. The maximum atomic E-state index is 5.33. The van der Waals surface area contributed by atoms with E-state index in [2.05, 4.69) is 57.3 Å². The number of halogens is 2. The fourth-order valence-electron chi connectivity index (χ4n) is 1.68. The van der Waals surface area contributed by atoms with Gasteiger partial charge in [-0.2, -0.15) is 0 Å². The van der Waals surface area contributed by atoms with Crippen LogP contribution in [0.4, 0.5) is 0 Å². The topological polar surface area (TPSA) is 18.5 Å². The third-order valence-corrected chi connectivity index (χ3v) is 5.66. The Morgan fingerprint density at radius 3 is 2.28 bits per heavy atom. The van der Waals surface area contributed by atoms with Gasteiger partial charge in [-0.3, -0.25) is 0 Å². The standard InChI is InChI=1S/C14H12I2O2/c1-17-10-5-3-4-9(6-10)12-7-11(18-2)8-13(15)14(12)16/h3-8H,1-2H3. The lowest BCUT2D eigenvalue weighted by Gasteiger charge is -2.11. The van der Waals surface area contributed by atoms with E-state index in [1.54, 1.807) is 14.2 Å². The molecule has 2 aromatic rings.